The molecule has 14 heavy (non-hydrogen) atoms. The van der Waals surface area contributed by atoms with Crippen LogP contribution >= 0.6 is 0 Å². The van der Waals surface area contributed by atoms with Gasteiger partial charge in [0.2, 0.25) is 0 Å². The van der Waals surface area contributed by atoms with Crippen molar-refractivity contribution in [3.05, 3.63) is 29.6 Å². The van der Waals surface area contributed by atoms with Crippen molar-refractivity contribution in [2.24, 2.45) is 5.92 Å². The van der Waals surface area contributed by atoms with Crippen LogP contribution in [0.3, 0.4) is 0 Å². The van der Waals surface area contributed by atoms with E-state index in [0.717, 1.165) is 6.42 Å². The first-order valence-electron chi connectivity index (χ1n) is 4.71. The van der Waals surface area contributed by atoms with E-state index in [-0.39, 0.29) is 24.3 Å². The molecule has 0 heterocycles. The van der Waals surface area contributed by atoms with E-state index in [2.05, 4.69) is 0 Å². The van der Waals surface area contributed by atoms with Gasteiger partial charge in [-0.3, -0.25) is 0 Å². The summed E-state index contributed by atoms with van der Waals surface area (Å²) in [7, 11) is 1.54. The summed E-state index contributed by atoms with van der Waals surface area (Å²) in [5.74, 6) is 0.702. The molecular formula is C11H13FO2. The van der Waals surface area contributed by atoms with Crippen LogP contribution in [-0.2, 0) is 0 Å². The summed E-state index contributed by atoms with van der Waals surface area (Å²) in [6.45, 7) is 0.127. The molecule has 76 valence electrons. The molecule has 3 heteroatoms. The van der Waals surface area contributed by atoms with Crippen molar-refractivity contribution in [1.29, 1.82) is 0 Å². The smallest absolute Gasteiger partial charge is 0.130 e. The van der Waals surface area contributed by atoms with Gasteiger partial charge in [-0.25, -0.2) is 4.39 Å². The Bertz CT molecular complexity index is 338. The molecule has 0 saturated heterocycles. The lowest BCUT2D eigenvalue weighted by Crippen LogP contribution is -1.96. The molecule has 0 radical (unpaired) electrons. The van der Waals surface area contributed by atoms with E-state index in [4.69, 9.17) is 9.84 Å². The van der Waals surface area contributed by atoms with Gasteiger partial charge in [0.05, 0.1) is 7.11 Å². The third-order valence-corrected chi connectivity index (χ3v) is 2.76. The summed E-state index contributed by atoms with van der Waals surface area (Å²) in [5, 5.41) is 8.93. The lowest BCUT2D eigenvalue weighted by Gasteiger charge is -2.08. The number of rotatable bonds is 3. The Labute approximate surface area is 82.3 Å². The molecule has 1 saturated carbocycles. The van der Waals surface area contributed by atoms with Gasteiger partial charge in [-0.1, -0.05) is 6.07 Å². The topological polar surface area (TPSA) is 29.5 Å². The highest BCUT2D eigenvalue weighted by atomic mass is 19.1. The first kappa shape index (κ1) is 9.46. The highest BCUT2D eigenvalue weighted by Gasteiger charge is 2.41. The van der Waals surface area contributed by atoms with Crippen LogP contribution < -0.4 is 4.74 Å². The van der Waals surface area contributed by atoms with Gasteiger partial charge >= 0.3 is 0 Å². The summed E-state index contributed by atoms with van der Waals surface area (Å²) in [6.07, 6.45) is 0.855. The van der Waals surface area contributed by atoms with Crippen LogP contribution in [0.2, 0.25) is 0 Å². The van der Waals surface area contributed by atoms with E-state index in [1.807, 2.05) is 0 Å². The lowest BCUT2D eigenvalue weighted by atomic mass is 10.1. The fourth-order valence-electron chi connectivity index (χ4n) is 1.86. The molecule has 0 spiro atoms. The number of aliphatic hydroxyl groups excluding tert-OH is 1. The number of methoxy groups -OCH3 is 1. The number of benzene rings is 1. The minimum absolute atomic E-state index is 0.127. The SMILES string of the molecule is COc1cccc(F)c1[C@H]1C[C@@H]1CO. The number of halogens is 1. The second-order valence-corrected chi connectivity index (χ2v) is 3.64. The molecule has 2 nitrogen and oxygen atoms in total. The maximum atomic E-state index is 13.5. The van der Waals surface area contributed by atoms with Crippen molar-refractivity contribution in [2.45, 2.75) is 12.3 Å². The Morgan fingerprint density at radius 1 is 1.57 bits per heavy atom. The molecule has 0 bridgehead atoms. The molecule has 1 N–H and O–H groups in total. The number of hydrogen-bond donors (Lipinski definition) is 1. The molecule has 0 unspecified atom stereocenters. The Morgan fingerprint density at radius 2 is 2.36 bits per heavy atom. The highest BCUT2D eigenvalue weighted by molar-refractivity contribution is 5.40. The molecule has 1 aromatic carbocycles. The number of ether oxygens (including phenoxy) is 1. The van der Waals surface area contributed by atoms with Crippen LogP contribution in [0.1, 0.15) is 17.9 Å². The standard InChI is InChI=1S/C11H13FO2/c1-14-10-4-2-3-9(12)11(10)8-5-7(8)6-13/h2-4,7-8,13H,5-6H2,1H3/t7-,8+/m1/s1. The van der Waals surface area contributed by atoms with E-state index >= 15 is 0 Å². The summed E-state index contributed by atoms with van der Waals surface area (Å²) in [4.78, 5) is 0. The fraction of sp³-hybridized carbons (Fsp3) is 0.455. The maximum Gasteiger partial charge on any atom is 0.130 e. The Hall–Kier alpha value is -1.09. The highest BCUT2D eigenvalue weighted by Crippen LogP contribution is 2.50. The molecule has 1 aromatic rings. The molecule has 0 aliphatic heterocycles. The van der Waals surface area contributed by atoms with Crippen molar-refractivity contribution < 1.29 is 14.2 Å². The number of aliphatic hydroxyl groups is 1. The zero-order chi connectivity index (χ0) is 10.1. The van der Waals surface area contributed by atoms with Crippen LogP contribution in [0.25, 0.3) is 0 Å². The van der Waals surface area contributed by atoms with E-state index in [1.54, 1.807) is 12.1 Å². The van der Waals surface area contributed by atoms with E-state index in [9.17, 15) is 4.39 Å². The summed E-state index contributed by atoms with van der Waals surface area (Å²) in [5.41, 5.74) is 0.619. The molecule has 1 aliphatic rings. The van der Waals surface area contributed by atoms with E-state index < -0.39 is 0 Å². The van der Waals surface area contributed by atoms with E-state index in [0.29, 0.717) is 11.3 Å². The second-order valence-electron chi connectivity index (χ2n) is 3.64. The second kappa shape index (κ2) is 3.58. The van der Waals surface area contributed by atoms with Crippen LogP contribution in [-0.4, -0.2) is 18.8 Å². The molecular weight excluding hydrogens is 183 g/mol. The van der Waals surface area contributed by atoms with Gasteiger partial charge in [0.1, 0.15) is 11.6 Å². The van der Waals surface area contributed by atoms with Crippen molar-refractivity contribution in [3.8, 4) is 5.75 Å². The minimum Gasteiger partial charge on any atom is -0.496 e. The largest absolute Gasteiger partial charge is 0.496 e. The summed E-state index contributed by atoms with van der Waals surface area (Å²) < 4.78 is 18.6. The Kier molecular flexibility index (Phi) is 2.42. The maximum absolute atomic E-state index is 13.5. The summed E-state index contributed by atoms with van der Waals surface area (Å²) in [6, 6.07) is 4.82. The molecule has 1 fully saturated rings. The van der Waals surface area contributed by atoms with Gasteiger partial charge < -0.3 is 9.84 Å². The van der Waals surface area contributed by atoms with Crippen molar-refractivity contribution in [3.63, 3.8) is 0 Å². The predicted octanol–water partition coefficient (Wildman–Crippen LogP) is 1.93. The van der Waals surface area contributed by atoms with Gasteiger partial charge in [0.15, 0.2) is 0 Å². The zero-order valence-electron chi connectivity index (χ0n) is 8.03. The Morgan fingerprint density at radius 3 is 2.93 bits per heavy atom. The third kappa shape index (κ3) is 1.48. The van der Waals surface area contributed by atoms with Gasteiger partial charge in [-0.05, 0) is 30.4 Å². The lowest BCUT2D eigenvalue weighted by molar-refractivity contribution is 0.273. The van der Waals surface area contributed by atoms with Gasteiger partial charge in [-0.2, -0.15) is 0 Å². The molecule has 0 amide bonds. The van der Waals surface area contributed by atoms with Crippen molar-refractivity contribution in [2.75, 3.05) is 13.7 Å². The van der Waals surface area contributed by atoms with Crippen LogP contribution in [0.4, 0.5) is 4.39 Å². The van der Waals surface area contributed by atoms with Crippen LogP contribution in [0.5, 0.6) is 5.75 Å². The van der Waals surface area contributed by atoms with E-state index in [1.165, 1.54) is 13.2 Å². The van der Waals surface area contributed by atoms with Gasteiger partial charge in [0, 0.05) is 12.2 Å². The summed E-state index contributed by atoms with van der Waals surface area (Å²) >= 11 is 0. The average Bonchev–Trinajstić information content (AvgIpc) is 2.96. The molecule has 2 rings (SSSR count). The predicted molar refractivity (Wildman–Crippen MR) is 50.9 cm³/mol. The first-order chi connectivity index (χ1) is 6.77. The fourth-order valence-corrected chi connectivity index (χ4v) is 1.86. The Balaban J connectivity index is 2.32. The van der Waals surface area contributed by atoms with Crippen molar-refractivity contribution in [1.82, 2.24) is 0 Å². The molecule has 0 aromatic heterocycles. The molecule has 1 aliphatic carbocycles. The normalized spacial score (nSPS) is 24.8. The van der Waals surface area contributed by atoms with Gasteiger partial charge in [0.25, 0.3) is 0 Å². The van der Waals surface area contributed by atoms with Crippen molar-refractivity contribution >= 4 is 0 Å². The molecule has 2 atom stereocenters. The zero-order valence-corrected chi connectivity index (χ0v) is 8.03. The average molecular weight is 196 g/mol. The van der Waals surface area contributed by atoms with Crippen LogP contribution in [0, 0.1) is 11.7 Å². The minimum atomic E-state index is -0.231. The monoisotopic (exact) mass is 196 g/mol. The quantitative estimate of drug-likeness (QED) is 0.800. The number of hydrogen-bond acceptors (Lipinski definition) is 2. The van der Waals surface area contributed by atoms with Gasteiger partial charge in [-0.15, -0.1) is 0 Å². The van der Waals surface area contributed by atoms with Crippen LogP contribution in [0.15, 0.2) is 18.2 Å². The third-order valence-electron chi connectivity index (χ3n) is 2.76. The first-order valence-corrected chi connectivity index (χ1v) is 4.71.